The molecule has 0 heterocycles. The fraction of sp³-hybridized carbons (Fsp3) is 0.469. The van der Waals surface area contributed by atoms with Crippen LogP contribution in [0.4, 0.5) is 21.0 Å². The molecule has 6 N–H and O–H groups in total. The molecule has 8 amide bonds. The number of urea groups is 2. The van der Waals surface area contributed by atoms with Crippen molar-refractivity contribution < 1.29 is 110 Å². The van der Waals surface area contributed by atoms with Crippen molar-refractivity contribution >= 4 is 230 Å². The number of carbonyl (C=O) groups excluding carboxylic acids is 14. The highest BCUT2D eigenvalue weighted by molar-refractivity contribution is 14.1. The third-order valence-corrected chi connectivity index (χ3v) is 16.6. The summed E-state index contributed by atoms with van der Waals surface area (Å²) in [6, 6.07) is -2.06. The van der Waals surface area contributed by atoms with Crippen LogP contribution < -0.4 is 26.6 Å². The van der Waals surface area contributed by atoms with E-state index < -0.39 is 122 Å². The van der Waals surface area contributed by atoms with Crippen LogP contribution in [0.2, 0.25) is 0 Å². The van der Waals surface area contributed by atoms with Gasteiger partial charge in [-0.1, -0.05) is 0 Å². The van der Waals surface area contributed by atoms with Gasteiger partial charge in [-0.2, -0.15) is 15.2 Å². The number of hydrogen-bond donors (Lipinski definition) is 6. The third-order valence-electron chi connectivity index (χ3n) is 10.1. The van der Waals surface area contributed by atoms with E-state index in [0.29, 0.717) is 15.2 Å². The first-order chi connectivity index (χ1) is 40.2. The van der Waals surface area contributed by atoms with Gasteiger partial charge in [0.25, 0.3) is 23.6 Å². The number of rotatable bonds is 27. The molecule has 2 rings (SSSR count). The summed E-state index contributed by atoms with van der Waals surface area (Å²) in [5.41, 5.74) is -1.36. The van der Waals surface area contributed by atoms with Crippen LogP contribution >= 0.6 is 136 Å². The fourth-order valence-corrected chi connectivity index (χ4v) is 15.4. The third kappa shape index (κ3) is 26.0. The highest BCUT2D eigenvalue weighted by Crippen LogP contribution is 2.39. The van der Waals surface area contributed by atoms with Crippen molar-refractivity contribution in [1.29, 1.82) is 0 Å². The molecule has 0 saturated heterocycles. The summed E-state index contributed by atoms with van der Waals surface area (Å²) in [5.74, 6) is -9.95. The lowest BCUT2D eigenvalue weighted by molar-refractivity contribution is -0.176. The quantitative estimate of drug-likeness (QED) is 0.0236. The zero-order chi connectivity index (χ0) is 65.3. The molecule has 2 aromatic rings. The van der Waals surface area contributed by atoms with E-state index in [1.165, 1.54) is 6.92 Å². The van der Waals surface area contributed by atoms with Gasteiger partial charge in [0.05, 0.1) is 100 Å². The van der Waals surface area contributed by atoms with Crippen LogP contribution in [0.5, 0.6) is 0 Å². The second-order valence-corrected chi connectivity index (χ2v) is 23.7. The van der Waals surface area contributed by atoms with Crippen molar-refractivity contribution in [1.82, 2.24) is 31.1 Å². The summed E-state index contributed by atoms with van der Waals surface area (Å²) in [6.45, 7) is 5.27. The second-order valence-electron chi connectivity index (χ2n) is 17.3. The number of amides is 8. The van der Waals surface area contributed by atoms with Gasteiger partial charge in [0, 0.05) is 94.9 Å². The summed E-state index contributed by atoms with van der Waals surface area (Å²) in [4.78, 5) is 195. The topological polar surface area (TPSA) is 403 Å². The number of halogens is 6. The maximum Gasteiger partial charge on any atom is 0.329 e. The SMILES string of the molecule is CC(=O)OCCCN(OC(C)=O)C(=O)c1c(I)c(NC(=O)NCC(O)CNC(=O)Nc2c(I)c(C(=O)N(CCCOC(C)=O)OC(C)=O)c(I)c(C(=O)N(CCCOC(C)=O)OC(C)=O)c2I)c(I)c(C(=O)NCC(COC(C)=O)OC(C)=O)c1I. The average Bonchev–Trinajstić information content (AvgIpc) is 1.14. The molecule has 474 valence electrons. The molecule has 2 atom stereocenters. The van der Waals surface area contributed by atoms with Gasteiger partial charge in [-0.05, 0) is 136 Å². The fourth-order valence-electron chi connectivity index (χ4n) is 6.67. The predicted octanol–water partition coefficient (Wildman–Crippen LogP) is 4.46. The van der Waals surface area contributed by atoms with Crippen LogP contribution in [0.3, 0.4) is 0 Å². The van der Waals surface area contributed by atoms with Gasteiger partial charge in [-0.25, -0.2) is 9.59 Å². The molecule has 86 heavy (non-hydrogen) atoms. The summed E-state index contributed by atoms with van der Waals surface area (Å²) in [6.07, 6.45) is -2.77. The maximum atomic E-state index is 14.4. The number of aliphatic hydroxyl groups is 1. The maximum absolute atomic E-state index is 14.4. The average molecular weight is 1890 g/mol. The molecular formula is C49H58I6N8O23. The Kier molecular flexibility index (Phi) is 34.4. The smallest absolute Gasteiger partial charge is 0.329 e. The summed E-state index contributed by atoms with van der Waals surface area (Å²) in [5, 5.41) is 25.6. The van der Waals surface area contributed by atoms with Gasteiger partial charge >= 0.3 is 59.8 Å². The van der Waals surface area contributed by atoms with E-state index in [4.69, 9.17) is 38.2 Å². The molecule has 0 spiro atoms. The minimum absolute atomic E-state index is 0.00723. The molecule has 37 heteroatoms. The van der Waals surface area contributed by atoms with Gasteiger partial charge in [0.1, 0.15) is 6.61 Å². The largest absolute Gasteiger partial charge is 0.466 e. The Morgan fingerprint density at radius 3 is 1.02 bits per heavy atom. The molecule has 0 aromatic heterocycles. The second kappa shape index (κ2) is 38.4. The predicted molar refractivity (Wildman–Crippen MR) is 346 cm³/mol. The molecule has 0 fully saturated rings. The van der Waals surface area contributed by atoms with Crippen molar-refractivity contribution in [3.63, 3.8) is 0 Å². The van der Waals surface area contributed by atoms with Gasteiger partial charge < -0.3 is 69.9 Å². The van der Waals surface area contributed by atoms with Crippen LogP contribution in [0.25, 0.3) is 0 Å². The lowest BCUT2D eigenvalue weighted by Crippen LogP contribution is -2.43. The Hall–Kier alpha value is -5.04. The number of ether oxygens (including phenoxy) is 5. The molecule has 0 saturated carbocycles. The van der Waals surface area contributed by atoms with Crippen molar-refractivity contribution in [3.05, 3.63) is 43.7 Å². The molecule has 0 bridgehead atoms. The number of esters is 5. The number of benzene rings is 2. The van der Waals surface area contributed by atoms with E-state index in [-0.39, 0.29) is 114 Å². The first-order valence-electron chi connectivity index (χ1n) is 24.9. The number of nitrogens with one attached hydrogen (secondary N) is 5. The Bertz CT molecular complexity index is 2870. The zero-order valence-electron chi connectivity index (χ0n) is 46.9. The first-order valence-corrected chi connectivity index (χ1v) is 31.4. The van der Waals surface area contributed by atoms with Crippen LogP contribution in [0, 0.1) is 21.4 Å². The van der Waals surface area contributed by atoms with Crippen LogP contribution in [0.1, 0.15) is 116 Å². The van der Waals surface area contributed by atoms with E-state index in [2.05, 4.69) is 26.6 Å². The first kappa shape index (κ1) is 77.1. The van der Waals surface area contributed by atoms with E-state index in [1.54, 1.807) is 136 Å². The molecular weight excluding hydrogens is 1830 g/mol. The number of nitrogens with zero attached hydrogens (tertiary/aromatic N) is 3. The number of aliphatic hydroxyl groups excluding tert-OH is 1. The molecule has 0 aliphatic heterocycles. The Morgan fingerprint density at radius 2 is 0.721 bits per heavy atom. The molecule has 0 aliphatic carbocycles. The molecule has 0 radical (unpaired) electrons. The van der Waals surface area contributed by atoms with Gasteiger partial charge in [0.15, 0.2) is 6.10 Å². The van der Waals surface area contributed by atoms with E-state index >= 15 is 0 Å². The van der Waals surface area contributed by atoms with Crippen LogP contribution in [0.15, 0.2) is 0 Å². The lowest BCUT2D eigenvalue weighted by atomic mass is 10.1. The lowest BCUT2D eigenvalue weighted by Gasteiger charge is -2.26. The summed E-state index contributed by atoms with van der Waals surface area (Å²) in [7, 11) is 0. The Balaban J connectivity index is 2.60. The van der Waals surface area contributed by atoms with Crippen molar-refractivity contribution in [2.75, 3.05) is 76.3 Å². The van der Waals surface area contributed by atoms with Crippen molar-refractivity contribution in [2.45, 2.75) is 86.9 Å². The van der Waals surface area contributed by atoms with Gasteiger partial charge in [0.2, 0.25) is 0 Å². The van der Waals surface area contributed by atoms with Gasteiger partial charge in [-0.15, -0.1) is 0 Å². The van der Waals surface area contributed by atoms with E-state index in [0.717, 1.165) is 48.5 Å². The summed E-state index contributed by atoms with van der Waals surface area (Å²) >= 11 is 10.3. The highest BCUT2D eigenvalue weighted by Gasteiger charge is 2.36. The van der Waals surface area contributed by atoms with E-state index in [9.17, 15) is 72.2 Å². The molecule has 31 nitrogen and oxygen atoms in total. The van der Waals surface area contributed by atoms with E-state index in [1.807, 2.05) is 0 Å². The molecule has 2 aromatic carbocycles. The number of hydrogen-bond acceptors (Lipinski definition) is 23. The van der Waals surface area contributed by atoms with Gasteiger partial charge in [-0.3, -0.25) is 57.5 Å². The Labute approximate surface area is 572 Å². The number of anilines is 2. The zero-order valence-corrected chi connectivity index (χ0v) is 59.8. The highest BCUT2D eigenvalue weighted by atomic mass is 127. The number of carbonyl (C=O) groups is 14. The van der Waals surface area contributed by atoms with Crippen LogP contribution in [-0.2, 0) is 76.6 Å². The molecule has 0 aliphatic rings. The monoisotopic (exact) mass is 1890 g/mol. The van der Waals surface area contributed by atoms with Crippen LogP contribution in [-0.4, -0.2) is 182 Å². The molecule has 2 unspecified atom stereocenters. The minimum Gasteiger partial charge on any atom is -0.466 e. The summed E-state index contributed by atoms with van der Waals surface area (Å²) < 4.78 is 25.0. The van der Waals surface area contributed by atoms with Crippen molar-refractivity contribution in [3.8, 4) is 0 Å². The normalized spacial score (nSPS) is 11.2. The standard InChI is InChI=1S/C49H58I6N8O23/c1-22(64)79-15-9-12-61(84-27(6)69)45(74)33-36(50)32(44(73)56-20-31(83-26(5)68)21-82-25(4)67)38(52)42(39(33)53)59-48(77)57-18-30(72)19-58-49(78)60-43-40(54)34(46(75)62(85-28(7)70)13-10-16-80-23(2)65)37(51)35(41(43)55)47(76)63(86-29(8)71)14-11-17-81-24(3)66/h30-31,72H,9-21H2,1-8H3,(H,56,73)(H2,57,59,77)(H2,58,60,78). The number of hydroxylamine groups is 6. The Morgan fingerprint density at radius 1 is 0.407 bits per heavy atom. The minimum atomic E-state index is -1.56. The van der Waals surface area contributed by atoms with Crippen molar-refractivity contribution in [2.24, 2.45) is 0 Å².